The van der Waals surface area contributed by atoms with E-state index in [0.29, 0.717) is 5.92 Å². The average Bonchev–Trinajstić information content (AvgIpc) is 3.34. The summed E-state index contributed by atoms with van der Waals surface area (Å²) >= 11 is 0. The second-order valence-electron chi connectivity index (χ2n) is 8.80. The van der Waals surface area contributed by atoms with Gasteiger partial charge in [-0.3, -0.25) is 4.98 Å². The van der Waals surface area contributed by atoms with Crippen LogP contribution in [0.4, 0.5) is 11.6 Å². The topological polar surface area (TPSA) is 58.8 Å². The zero-order valence-electron chi connectivity index (χ0n) is 18.7. The Kier molecular flexibility index (Phi) is 5.40. The SMILES string of the molecule is c1ccc(C2CCCN(c3cc(N4CCOCC4)n4nc(-c5ccncc5)cc4n3)C2)cc1. The number of hydrogen-bond donors (Lipinski definition) is 0. The summed E-state index contributed by atoms with van der Waals surface area (Å²) in [7, 11) is 0. The molecular weight excluding hydrogens is 412 g/mol. The second-order valence-corrected chi connectivity index (χ2v) is 8.80. The minimum Gasteiger partial charge on any atom is -0.378 e. The predicted molar refractivity (Wildman–Crippen MR) is 130 cm³/mol. The van der Waals surface area contributed by atoms with E-state index in [1.807, 2.05) is 16.6 Å². The Hall–Kier alpha value is -3.45. The summed E-state index contributed by atoms with van der Waals surface area (Å²) in [5.41, 5.74) is 4.26. The molecule has 0 spiro atoms. The number of benzene rings is 1. The molecule has 33 heavy (non-hydrogen) atoms. The second kappa shape index (κ2) is 8.83. The number of piperidine rings is 1. The summed E-state index contributed by atoms with van der Waals surface area (Å²) in [6.07, 6.45) is 6.00. The van der Waals surface area contributed by atoms with Crippen molar-refractivity contribution in [2.75, 3.05) is 49.2 Å². The molecule has 4 aromatic rings. The molecule has 2 saturated heterocycles. The summed E-state index contributed by atoms with van der Waals surface area (Å²) < 4.78 is 7.60. The minimum absolute atomic E-state index is 0.530. The van der Waals surface area contributed by atoms with Crippen molar-refractivity contribution in [2.24, 2.45) is 0 Å². The smallest absolute Gasteiger partial charge is 0.160 e. The van der Waals surface area contributed by atoms with Crippen LogP contribution in [0.5, 0.6) is 0 Å². The highest BCUT2D eigenvalue weighted by atomic mass is 16.5. The van der Waals surface area contributed by atoms with Gasteiger partial charge in [-0.1, -0.05) is 30.3 Å². The third kappa shape index (κ3) is 4.04. The average molecular weight is 441 g/mol. The van der Waals surface area contributed by atoms with Crippen LogP contribution in [-0.2, 0) is 4.74 Å². The van der Waals surface area contributed by atoms with Crippen molar-refractivity contribution in [3.8, 4) is 11.3 Å². The van der Waals surface area contributed by atoms with Crippen molar-refractivity contribution in [3.05, 3.63) is 72.6 Å². The maximum absolute atomic E-state index is 5.61. The summed E-state index contributed by atoms with van der Waals surface area (Å²) in [5, 5.41) is 4.93. The monoisotopic (exact) mass is 440 g/mol. The molecule has 2 aliphatic heterocycles. The fraction of sp³-hybridized carbons (Fsp3) is 0.346. The standard InChI is InChI=1S/C26H28N6O/c1-2-5-20(6-3-1)22-7-4-12-31(19-22)24-18-26(30-13-15-33-16-14-30)32-25(28-24)17-23(29-32)21-8-10-27-11-9-21/h1-3,5-6,8-11,17-18,22H,4,7,12-16,19H2. The molecular formula is C26H28N6O. The van der Waals surface area contributed by atoms with E-state index in [-0.39, 0.29) is 0 Å². The van der Waals surface area contributed by atoms with Crippen LogP contribution in [0.25, 0.3) is 16.9 Å². The zero-order valence-corrected chi connectivity index (χ0v) is 18.7. The van der Waals surface area contributed by atoms with Crippen LogP contribution in [-0.4, -0.2) is 59.0 Å². The van der Waals surface area contributed by atoms with E-state index in [4.69, 9.17) is 14.8 Å². The number of nitrogens with zero attached hydrogens (tertiary/aromatic N) is 6. The molecule has 0 radical (unpaired) electrons. The molecule has 0 saturated carbocycles. The third-order valence-corrected chi connectivity index (χ3v) is 6.72. The maximum Gasteiger partial charge on any atom is 0.160 e. The molecule has 0 amide bonds. The molecule has 1 atom stereocenters. The van der Waals surface area contributed by atoms with Crippen LogP contribution in [0.15, 0.2) is 67.0 Å². The normalized spacial score (nSPS) is 19.2. The van der Waals surface area contributed by atoms with Gasteiger partial charge in [0.15, 0.2) is 5.65 Å². The van der Waals surface area contributed by atoms with Gasteiger partial charge in [-0.15, -0.1) is 0 Å². The van der Waals surface area contributed by atoms with Crippen LogP contribution >= 0.6 is 0 Å². The Morgan fingerprint density at radius 3 is 2.52 bits per heavy atom. The number of aromatic nitrogens is 4. The summed E-state index contributed by atoms with van der Waals surface area (Å²) in [6.45, 7) is 5.20. The van der Waals surface area contributed by atoms with Gasteiger partial charge in [0, 0.05) is 62.2 Å². The maximum atomic E-state index is 5.61. The summed E-state index contributed by atoms with van der Waals surface area (Å²) in [5.74, 6) is 2.65. The van der Waals surface area contributed by atoms with Crippen LogP contribution in [0.1, 0.15) is 24.3 Å². The summed E-state index contributed by atoms with van der Waals surface area (Å²) in [4.78, 5) is 14.0. The molecule has 7 nitrogen and oxygen atoms in total. The lowest BCUT2D eigenvalue weighted by atomic mass is 9.91. The molecule has 2 aliphatic rings. The van der Waals surface area contributed by atoms with Crippen molar-refractivity contribution < 1.29 is 4.74 Å². The van der Waals surface area contributed by atoms with Crippen LogP contribution < -0.4 is 9.80 Å². The Labute approximate surface area is 193 Å². The molecule has 2 fully saturated rings. The van der Waals surface area contributed by atoms with Gasteiger partial charge in [-0.05, 0) is 30.5 Å². The van der Waals surface area contributed by atoms with Gasteiger partial charge in [0.1, 0.15) is 11.6 Å². The number of morpholine rings is 1. The number of fused-ring (bicyclic) bond motifs is 1. The van der Waals surface area contributed by atoms with E-state index in [1.165, 1.54) is 18.4 Å². The first-order valence-corrected chi connectivity index (χ1v) is 11.8. The summed E-state index contributed by atoms with van der Waals surface area (Å²) in [6, 6.07) is 19.2. The quantitative estimate of drug-likeness (QED) is 0.478. The molecule has 0 bridgehead atoms. The minimum atomic E-state index is 0.530. The van der Waals surface area contributed by atoms with E-state index in [0.717, 1.165) is 67.9 Å². The molecule has 5 heterocycles. The number of pyridine rings is 1. The fourth-order valence-electron chi connectivity index (χ4n) is 4.97. The van der Waals surface area contributed by atoms with Crippen molar-refractivity contribution in [3.63, 3.8) is 0 Å². The van der Waals surface area contributed by atoms with Crippen molar-refractivity contribution in [1.29, 1.82) is 0 Å². The lowest BCUT2D eigenvalue weighted by Crippen LogP contribution is -2.38. The molecule has 168 valence electrons. The lowest BCUT2D eigenvalue weighted by molar-refractivity contribution is 0.122. The molecule has 7 heteroatoms. The number of ether oxygens (including phenoxy) is 1. The van der Waals surface area contributed by atoms with E-state index in [2.05, 4.69) is 57.2 Å². The first kappa shape index (κ1) is 20.2. The van der Waals surface area contributed by atoms with E-state index in [1.54, 1.807) is 12.4 Å². The van der Waals surface area contributed by atoms with Gasteiger partial charge < -0.3 is 14.5 Å². The number of hydrogen-bond acceptors (Lipinski definition) is 6. The van der Waals surface area contributed by atoms with Crippen molar-refractivity contribution >= 4 is 17.3 Å². The van der Waals surface area contributed by atoms with E-state index >= 15 is 0 Å². The molecule has 0 aliphatic carbocycles. The molecule has 0 N–H and O–H groups in total. The highest BCUT2D eigenvalue weighted by Crippen LogP contribution is 2.32. The Balaban J connectivity index is 1.40. The van der Waals surface area contributed by atoms with Gasteiger partial charge in [0.2, 0.25) is 0 Å². The molecule has 3 aromatic heterocycles. The molecule has 6 rings (SSSR count). The van der Waals surface area contributed by atoms with Crippen LogP contribution in [0.2, 0.25) is 0 Å². The van der Waals surface area contributed by atoms with Gasteiger partial charge in [0.25, 0.3) is 0 Å². The molecule has 1 unspecified atom stereocenters. The van der Waals surface area contributed by atoms with Gasteiger partial charge in [-0.2, -0.15) is 9.61 Å². The predicted octanol–water partition coefficient (Wildman–Crippen LogP) is 4.01. The van der Waals surface area contributed by atoms with Crippen LogP contribution in [0, 0.1) is 0 Å². The largest absolute Gasteiger partial charge is 0.378 e. The molecule has 1 aromatic carbocycles. The highest BCUT2D eigenvalue weighted by molar-refractivity contribution is 5.68. The Morgan fingerprint density at radius 1 is 0.879 bits per heavy atom. The van der Waals surface area contributed by atoms with Gasteiger partial charge in [0.05, 0.1) is 18.9 Å². The Morgan fingerprint density at radius 2 is 1.70 bits per heavy atom. The van der Waals surface area contributed by atoms with E-state index < -0.39 is 0 Å². The van der Waals surface area contributed by atoms with Crippen molar-refractivity contribution in [1.82, 2.24) is 19.6 Å². The Bertz CT molecular complexity index is 1220. The van der Waals surface area contributed by atoms with E-state index in [9.17, 15) is 0 Å². The third-order valence-electron chi connectivity index (χ3n) is 6.72. The first-order valence-electron chi connectivity index (χ1n) is 11.8. The van der Waals surface area contributed by atoms with Gasteiger partial charge >= 0.3 is 0 Å². The van der Waals surface area contributed by atoms with Gasteiger partial charge in [-0.25, -0.2) is 4.98 Å². The number of rotatable bonds is 4. The zero-order chi connectivity index (χ0) is 22.0. The first-order chi connectivity index (χ1) is 16.3. The van der Waals surface area contributed by atoms with Crippen molar-refractivity contribution in [2.45, 2.75) is 18.8 Å². The number of anilines is 2. The lowest BCUT2D eigenvalue weighted by Gasteiger charge is -2.35. The fourth-order valence-corrected chi connectivity index (χ4v) is 4.97. The highest BCUT2D eigenvalue weighted by Gasteiger charge is 2.25. The van der Waals surface area contributed by atoms with Crippen LogP contribution in [0.3, 0.4) is 0 Å².